The average molecular weight is 444 g/mol. The molecule has 2 aromatic rings. The lowest BCUT2D eigenvalue weighted by atomic mass is 10.2. The van der Waals surface area contributed by atoms with Crippen molar-refractivity contribution in [3.05, 3.63) is 64.6 Å². The molecule has 0 radical (unpaired) electrons. The normalized spacial score (nSPS) is 17.2. The highest BCUT2D eigenvalue weighted by Crippen LogP contribution is 2.33. The van der Waals surface area contributed by atoms with Gasteiger partial charge >= 0.3 is 0 Å². The second-order valence-electron chi connectivity index (χ2n) is 6.99. The molecule has 0 saturated carbocycles. The van der Waals surface area contributed by atoms with Crippen LogP contribution >= 0.6 is 11.8 Å². The molecule has 0 N–H and O–H groups in total. The van der Waals surface area contributed by atoms with Crippen LogP contribution in [0.2, 0.25) is 0 Å². The Balaban J connectivity index is 1.90. The first kappa shape index (κ1) is 22.1. The van der Waals surface area contributed by atoms with E-state index in [-0.39, 0.29) is 16.0 Å². The fourth-order valence-electron chi connectivity index (χ4n) is 2.93. The third kappa shape index (κ3) is 4.76. The largest absolute Gasteiger partial charge is 0.378 e. The maximum absolute atomic E-state index is 12.8. The maximum atomic E-state index is 12.8. The smallest absolute Gasteiger partial charge is 0.284 e. The third-order valence-corrected chi connectivity index (χ3v) is 7.14. The van der Waals surface area contributed by atoms with E-state index in [2.05, 4.69) is 4.40 Å². The van der Waals surface area contributed by atoms with Gasteiger partial charge in [-0.1, -0.05) is 31.2 Å². The van der Waals surface area contributed by atoms with Gasteiger partial charge in [0.05, 0.1) is 9.80 Å². The van der Waals surface area contributed by atoms with E-state index in [0.29, 0.717) is 11.4 Å². The molecule has 1 aliphatic heterocycles. The van der Waals surface area contributed by atoms with Gasteiger partial charge < -0.3 is 4.90 Å². The molecule has 1 saturated heterocycles. The number of likely N-dealkylation sites (N-methyl/N-ethyl adjacent to an activating group) is 1. The Labute approximate surface area is 182 Å². The number of amides is 1. The van der Waals surface area contributed by atoms with Crippen molar-refractivity contribution < 1.29 is 13.2 Å². The number of amidine groups is 1. The zero-order chi connectivity index (χ0) is 21.9. The van der Waals surface area contributed by atoms with Gasteiger partial charge in [0.1, 0.15) is 0 Å². The molecule has 158 valence electrons. The lowest BCUT2D eigenvalue weighted by molar-refractivity contribution is -0.122. The number of nitrogens with zero attached hydrogens (tertiary/aromatic N) is 3. The summed E-state index contributed by atoms with van der Waals surface area (Å²) in [6, 6.07) is 14.4. The molecule has 1 heterocycles. The van der Waals surface area contributed by atoms with E-state index in [1.165, 1.54) is 4.90 Å². The van der Waals surface area contributed by atoms with Crippen LogP contribution in [0.15, 0.2) is 62.7 Å². The Morgan fingerprint density at radius 1 is 1.03 bits per heavy atom. The number of carbonyl (C=O) groups is 1. The van der Waals surface area contributed by atoms with E-state index in [4.69, 9.17) is 0 Å². The van der Waals surface area contributed by atoms with E-state index in [1.54, 1.807) is 37.3 Å². The van der Waals surface area contributed by atoms with Gasteiger partial charge in [0.15, 0.2) is 5.17 Å². The van der Waals surface area contributed by atoms with E-state index in [0.717, 1.165) is 35.0 Å². The van der Waals surface area contributed by atoms with Crippen LogP contribution in [0, 0.1) is 0 Å². The summed E-state index contributed by atoms with van der Waals surface area (Å²) in [5.74, 6) is -0.241. The number of hydrogen-bond donors (Lipinski definition) is 0. The summed E-state index contributed by atoms with van der Waals surface area (Å²) in [5, 5.41) is 0.179. The summed E-state index contributed by atoms with van der Waals surface area (Å²) in [4.78, 5) is 16.7. The Hall–Kier alpha value is -2.58. The first-order valence-electron chi connectivity index (χ1n) is 9.68. The molecular formula is C22H25N3O3S2. The van der Waals surface area contributed by atoms with Gasteiger partial charge in [-0.3, -0.25) is 9.69 Å². The van der Waals surface area contributed by atoms with Crippen LogP contribution in [0.4, 0.5) is 5.69 Å². The number of carbonyl (C=O) groups excluding carboxylic acids is 1. The van der Waals surface area contributed by atoms with Crippen molar-refractivity contribution in [2.75, 3.05) is 25.5 Å². The summed E-state index contributed by atoms with van der Waals surface area (Å²) in [7, 11) is 0.0144. The van der Waals surface area contributed by atoms with Crippen molar-refractivity contribution >= 4 is 44.6 Å². The van der Waals surface area contributed by atoms with Gasteiger partial charge in [0.2, 0.25) is 0 Å². The zero-order valence-electron chi connectivity index (χ0n) is 17.5. The first-order valence-corrected chi connectivity index (χ1v) is 11.9. The molecule has 30 heavy (non-hydrogen) atoms. The molecule has 0 atom stereocenters. The lowest BCUT2D eigenvalue weighted by Crippen LogP contribution is -2.29. The fraction of sp³-hybridized carbons (Fsp3) is 0.273. The number of hydrogen-bond acceptors (Lipinski definition) is 5. The summed E-state index contributed by atoms with van der Waals surface area (Å²) in [6.07, 6.45) is 2.59. The minimum Gasteiger partial charge on any atom is -0.378 e. The van der Waals surface area contributed by atoms with Crippen LogP contribution in [0.1, 0.15) is 25.0 Å². The predicted octanol–water partition coefficient (Wildman–Crippen LogP) is 4.00. The Bertz CT molecular complexity index is 1090. The van der Waals surface area contributed by atoms with Crippen LogP contribution < -0.4 is 4.90 Å². The predicted molar refractivity (Wildman–Crippen MR) is 124 cm³/mol. The SMILES string of the molecule is CCc1ccc(S(=O)(=O)/N=C2\S/C(=C/c3ccc(N(C)C)cc3)C(=O)N2CC)cc1. The van der Waals surface area contributed by atoms with E-state index in [9.17, 15) is 13.2 Å². The van der Waals surface area contributed by atoms with Gasteiger partial charge in [0, 0.05) is 26.3 Å². The van der Waals surface area contributed by atoms with Crippen molar-refractivity contribution in [1.29, 1.82) is 0 Å². The molecule has 2 aromatic carbocycles. The Morgan fingerprint density at radius 2 is 1.67 bits per heavy atom. The molecule has 8 heteroatoms. The molecule has 1 amide bonds. The molecule has 6 nitrogen and oxygen atoms in total. The van der Waals surface area contributed by atoms with Crippen molar-refractivity contribution in [2.24, 2.45) is 4.40 Å². The molecule has 0 unspecified atom stereocenters. The van der Waals surface area contributed by atoms with Crippen LogP contribution in [-0.4, -0.2) is 45.0 Å². The fourth-order valence-corrected chi connectivity index (χ4v) is 5.17. The second-order valence-corrected chi connectivity index (χ2v) is 9.61. The number of sulfonamides is 1. The lowest BCUT2D eigenvalue weighted by Gasteiger charge is -2.12. The van der Waals surface area contributed by atoms with Gasteiger partial charge in [0.25, 0.3) is 15.9 Å². The standard InChI is InChI=1S/C22H25N3O3S2/c1-5-16-9-13-19(14-10-16)30(27,28)23-22-25(6-2)21(26)20(29-22)15-17-7-11-18(12-8-17)24(3)4/h7-15H,5-6H2,1-4H3/b20-15+,23-22-. The molecule has 1 fully saturated rings. The highest BCUT2D eigenvalue weighted by molar-refractivity contribution is 8.19. The first-order chi connectivity index (χ1) is 14.2. The summed E-state index contributed by atoms with van der Waals surface area (Å²) >= 11 is 1.08. The summed E-state index contributed by atoms with van der Waals surface area (Å²) in [6.45, 7) is 4.14. The minimum atomic E-state index is -3.91. The van der Waals surface area contributed by atoms with E-state index >= 15 is 0 Å². The topological polar surface area (TPSA) is 70.0 Å². The van der Waals surface area contributed by atoms with Gasteiger partial charge in [-0.2, -0.15) is 8.42 Å². The number of aryl methyl sites for hydroxylation is 1. The van der Waals surface area contributed by atoms with Crippen molar-refractivity contribution in [3.63, 3.8) is 0 Å². The molecule has 1 aliphatic rings. The third-order valence-electron chi connectivity index (χ3n) is 4.74. The highest BCUT2D eigenvalue weighted by Gasteiger charge is 2.34. The van der Waals surface area contributed by atoms with Gasteiger partial charge in [-0.15, -0.1) is 4.40 Å². The van der Waals surface area contributed by atoms with Crippen molar-refractivity contribution in [1.82, 2.24) is 4.90 Å². The second kappa shape index (κ2) is 9.06. The Morgan fingerprint density at radius 3 is 2.20 bits per heavy atom. The molecule has 0 bridgehead atoms. The highest BCUT2D eigenvalue weighted by atomic mass is 32.2. The molecule has 0 aromatic heterocycles. The van der Waals surface area contributed by atoms with E-state index in [1.807, 2.05) is 50.2 Å². The maximum Gasteiger partial charge on any atom is 0.284 e. The quantitative estimate of drug-likeness (QED) is 0.631. The number of anilines is 1. The monoisotopic (exact) mass is 443 g/mol. The van der Waals surface area contributed by atoms with Crippen LogP contribution in [0.5, 0.6) is 0 Å². The van der Waals surface area contributed by atoms with Crippen LogP contribution in [0.3, 0.4) is 0 Å². The molecular weight excluding hydrogens is 418 g/mol. The van der Waals surface area contributed by atoms with E-state index < -0.39 is 10.0 Å². The summed E-state index contributed by atoms with van der Waals surface area (Å²) < 4.78 is 29.5. The van der Waals surface area contributed by atoms with Gasteiger partial charge in [-0.25, -0.2) is 0 Å². The van der Waals surface area contributed by atoms with Crippen molar-refractivity contribution in [3.8, 4) is 0 Å². The number of benzene rings is 2. The summed E-state index contributed by atoms with van der Waals surface area (Å²) in [5.41, 5.74) is 2.97. The van der Waals surface area contributed by atoms with Crippen LogP contribution in [0.25, 0.3) is 6.08 Å². The number of rotatable bonds is 6. The van der Waals surface area contributed by atoms with Gasteiger partial charge in [-0.05, 0) is 66.6 Å². The zero-order valence-corrected chi connectivity index (χ0v) is 19.1. The Kier molecular flexibility index (Phi) is 6.67. The van der Waals surface area contributed by atoms with Crippen molar-refractivity contribution in [2.45, 2.75) is 25.2 Å². The molecule has 0 aliphatic carbocycles. The number of thioether (sulfide) groups is 1. The minimum absolute atomic E-state index is 0.119. The molecule has 3 rings (SSSR count). The van der Waals surface area contributed by atoms with Crippen LogP contribution in [-0.2, 0) is 21.2 Å². The molecule has 0 spiro atoms. The average Bonchev–Trinajstić information content (AvgIpc) is 3.01.